The average molecular weight is 423 g/mol. The Balaban J connectivity index is 1.90. The van der Waals surface area contributed by atoms with Crippen LogP contribution in [0.1, 0.15) is 5.56 Å². The van der Waals surface area contributed by atoms with Crippen molar-refractivity contribution >= 4 is 35.4 Å². The van der Waals surface area contributed by atoms with Crippen LogP contribution in [-0.2, 0) is 14.3 Å². The first-order valence-electron chi connectivity index (χ1n) is 8.33. The fourth-order valence-corrected chi connectivity index (χ4v) is 2.82. The molecule has 0 spiro atoms. The van der Waals surface area contributed by atoms with Gasteiger partial charge in [-0.2, -0.15) is 8.78 Å². The second kappa shape index (κ2) is 11.1. The van der Waals surface area contributed by atoms with Crippen molar-refractivity contribution in [1.29, 1.82) is 0 Å². The Morgan fingerprint density at radius 1 is 1.17 bits per heavy atom. The molecule has 6 nitrogen and oxygen atoms in total. The molecule has 0 saturated heterocycles. The molecule has 1 N–H and O–H groups in total. The highest BCUT2D eigenvalue weighted by molar-refractivity contribution is 7.98. The molecule has 2 rings (SSSR count). The van der Waals surface area contributed by atoms with Gasteiger partial charge in [0.2, 0.25) is 0 Å². The summed E-state index contributed by atoms with van der Waals surface area (Å²) in [6.45, 7) is -3.43. The number of para-hydroxylation sites is 1. The number of benzene rings is 2. The maximum Gasteiger partial charge on any atom is 0.387 e. The van der Waals surface area contributed by atoms with Crippen LogP contribution >= 0.6 is 11.8 Å². The molecule has 29 heavy (non-hydrogen) atoms. The van der Waals surface area contributed by atoms with Crippen LogP contribution in [0.25, 0.3) is 6.08 Å². The van der Waals surface area contributed by atoms with Crippen molar-refractivity contribution in [2.24, 2.45) is 0 Å². The van der Waals surface area contributed by atoms with Crippen LogP contribution < -0.4 is 14.8 Å². The van der Waals surface area contributed by atoms with Crippen molar-refractivity contribution in [3.05, 3.63) is 54.1 Å². The van der Waals surface area contributed by atoms with E-state index in [2.05, 4.69) is 10.1 Å². The van der Waals surface area contributed by atoms with E-state index < -0.39 is 25.1 Å². The fourth-order valence-electron chi connectivity index (χ4n) is 2.26. The maximum atomic E-state index is 12.3. The molecule has 1 amide bonds. The normalized spacial score (nSPS) is 10.8. The summed E-state index contributed by atoms with van der Waals surface area (Å²) in [5, 5.41) is 2.67. The Bertz CT molecular complexity index is 889. The van der Waals surface area contributed by atoms with Gasteiger partial charge in [0.1, 0.15) is 0 Å². The molecule has 0 radical (unpaired) electrons. The smallest absolute Gasteiger partial charge is 0.387 e. The SMILES string of the molecule is COc1cc(/C=C/C(=O)OCC(=O)Nc2ccccc2SC)ccc1OC(F)F. The second-order valence-electron chi connectivity index (χ2n) is 5.48. The highest BCUT2D eigenvalue weighted by Gasteiger charge is 2.11. The highest BCUT2D eigenvalue weighted by Crippen LogP contribution is 2.30. The number of ether oxygens (including phenoxy) is 3. The number of amides is 1. The zero-order valence-electron chi connectivity index (χ0n) is 15.7. The molecule has 0 aromatic heterocycles. The van der Waals surface area contributed by atoms with Gasteiger partial charge >= 0.3 is 12.6 Å². The van der Waals surface area contributed by atoms with Crippen molar-refractivity contribution < 1.29 is 32.6 Å². The number of esters is 1. The number of halogens is 2. The van der Waals surface area contributed by atoms with Gasteiger partial charge in [-0.3, -0.25) is 4.79 Å². The molecule has 0 unspecified atom stereocenters. The topological polar surface area (TPSA) is 73.9 Å². The van der Waals surface area contributed by atoms with Gasteiger partial charge < -0.3 is 19.5 Å². The lowest BCUT2D eigenvalue weighted by Crippen LogP contribution is -2.20. The van der Waals surface area contributed by atoms with Gasteiger partial charge in [0.25, 0.3) is 5.91 Å². The minimum atomic E-state index is -2.98. The molecule has 2 aromatic carbocycles. The predicted octanol–water partition coefficient (Wildman–Crippen LogP) is 4.21. The van der Waals surface area contributed by atoms with Crippen LogP contribution in [0.2, 0.25) is 0 Å². The largest absolute Gasteiger partial charge is 0.493 e. The second-order valence-corrected chi connectivity index (χ2v) is 6.33. The summed E-state index contributed by atoms with van der Waals surface area (Å²) < 4.78 is 38.9. The summed E-state index contributed by atoms with van der Waals surface area (Å²) in [7, 11) is 1.31. The van der Waals surface area contributed by atoms with E-state index in [4.69, 9.17) is 9.47 Å². The van der Waals surface area contributed by atoms with Gasteiger partial charge in [-0.25, -0.2) is 4.79 Å². The molecular weight excluding hydrogens is 404 g/mol. The van der Waals surface area contributed by atoms with E-state index in [-0.39, 0.29) is 11.5 Å². The summed E-state index contributed by atoms with van der Waals surface area (Å²) in [6, 6.07) is 11.4. The number of carbonyl (C=O) groups excluding carboxylic acids is 2. The number of carbonyl (C=O) groups is 2. The number of rotatable bonds is 9. The lowest BCUT2D eigenvalue weighted by atomic mass is 10.2. The van der Waals surface area contributed by atoms with Crippen LogP contribution in [0.3, 0.4) is 0 Å². The molecule has 0 saturated carbocycles. The Morgan fingerprint density at radius 3 is 2.62 bits per heavy atom. The summed E-state index contributed by atoms with van der Waals surface area (Å²) in [5.41, 5.74) is 1.13. The van der Waals surface area contributed by atoms with Gasteiger partial charge in [0, 0.05) is 11.0 Å². The predicted molar refractivity (Wildman–Crippen MR) is 106 cm³/mol. The maximum absolute atomic E-state index is 12.3. The Morgan fingerprint density at radius 2 is 1.93 bits per heavy atom. The van der Waals surface area contributed by atoms with Crippen LogP contribution in [0, 0.1) is 0 Å². The monoisotopic (exact) mass is 423 g/mol. The van der Waals surface area contributed by atoms with Crippen molar-refractivity contribution in [3.63, 3.8) is 0 Å². The van der Waals surface area contributed by atoms with Gasteiger partial charge in [-0.1, -0.05) is 18.2 Å². The molecular formula is C20H19F2NO5S. The fraction of sp³-hybridized carbons (Fsp3) is 0.200. The summed E-state index contributed by atoms with van der Waals surface area (Å²) in [4.78, 5) is 24.7. The number of hydrogen-bond donors (Lipinski definition) is 1. The van der Waals surface area contributed by atoms with E-state index in [1.54, 1.807) is 12.1 Å². The third-order valence-electron chi connectivity index (χ3n) is 3.54. The standard InChI is InChI=1S/C20H19F2NO5S/c1-26-16-11-13(7-9-15(16)28-20(21)22)8-10-19(25)27-12-18(24)23-14-5-3-4-6-17(14)29-2/h3-11,20H,12H2,1-2H3,(H,23,24)/b10-8+. The molecule has 0 aliphatic heterocycles. The molecule has 154 valence electrons. The van der Waals surface area contributed by atoms with Gasteiger partial charge in [-0.15, -0.1) is 11.8 Å². The van der Waals surface area contributed by atoms with Gasteiger partial charge in [0.05, 0.1) is 12.8 Å². The molecule has 9 heteroatoms. The van der Waals surface area contributed by atoms with Crippen molar-refractivity contribution in [3.8, 4) is 11.5 Å². The van der Waals surface area contributed by atoms with E-state index >= 15 is 0 Å². The van der Waals surface area contributed by atoms with Crippen LogP contribution in [0.4, 0.5) is 14.5 Å². The zero-order valence-corrected chi connectivity index (χ0v) is 16.5. The molecule has 2 aromatic rings. The minimum absolute atomic E-state index is 0.0904. The number of alkyl halides is 2. The first-order valence-corrected chi connectivity index (χ1v) is 9.56. The molecule has 0 aliphatic carbocycles. The van der Waals surface area contributed by atoms with E-state index in [1.165, 1.54) is 43.1 Å². The van der Waals surface area contributed by atoms with Crippen LogP contribution in [-0.4, -0.2) is 38.5 Å². The Labute approximate surface area is 170 Å². The number of nitrogens with one attached hydrogen (secondary N) is 1. The molecule has 0 aliphatic rings. The highest BCUT2D eigenvalue weighted by atomic mass is 32.2. The molecule has 0 bridgehead atoms. The number of methoxy groups -OCH3 is 1. The zero-order chi connectivity index (χ0) is 21.2. The number of anilines is 1. The van der Waals surface area contributed by atoms with Crippen LogP contribution in [0.15, 0.2) is 53.4 Å². The van der Waals surface area contributed by atoms with E-state index in [0.717, 1.165) is 11.0 Å². The lowest BCUT2D eigenvalue weighted by Gasteiger charge is -2.10. The van der Waals surface area contributed by atoms with Crippen molar-refractivity contribution in [2.75, 3.05) is 25.3 Å². The summed E-state index contributed by atoms with van der Waals surface area (Å²) in [5.74, 6) is -1.23. The molecule has 0 atom stereocenters. The number of thioether (sulfide) groups is 1. The third-order valence-corrected chi connectivity index (χ3v) is 4.34. The minimum Gasteiger partial charge on any atom is -0.493 e. The van der Waals surface area contributed by atoms with E-state index in [1.807, 2.05) is 18.4 Å². The number of hydrogen-bond acceptors (Lipinski definition) is 6. The van der Waals surface area contributed by atoms with E-state index in [9.17, 15) is 18.4 Å². The quantitative estimate of drug-likeness (QED) is 0.370. The Kier molecular flexibility index (Phi) is 8.47. The first-order chi connectivity index (χ1) is 13.9. The summed E-state index contributed by atoms with van der Waals surface area (Å²) >= 11 is 1.48. The first kappa shape index (κ1) is 22.2. The van der Waals surface area contributed by atoms with Gasteiger partial charge in [-0.05, 0) is 42.2 Å². The van der Waals surface area contributed by atoms with Crippen molar-refractivity contribution in [2.45, 2.75) is 11.5 Å². The third kappa shape index (κ3) is 7.11. The lowest BCUT2D eigenvalue weighted by molar-refractivity contribution is -0.142. The Hall–Kier alpha value is -3.07. The van der Waals surface area contributed by atoms with Crippen molar-refractivity contribution in [1.82, 2.24) is 0 Å². The average Bonchev–Trinajstić information content (AvgIpc) is 2.71. The van der Waals surface area contributed by atoms with Crippen LogP contribution in [0.5, 0.6) is 11.5 Å². The summed E-state index contributed by atoms with van der Waals surface area (Å²) in [6.07, 6.45) is 4.40. The van der Waals surface area contributed by atoms with Gasteiger partial charge in [0.15, 0.2) is 18.1 Å². The molecule has 0 heterocycles. The molecule has 0 fully saturated rings. The van der Waals surface area contributed by atoms with E-state index in [0.29, 0.717) is 11.3 Å².